The smallest absolute Gasteiger partial charge is 0.240 e. The van der Waals surface area contributed by atoms with Crippen molar-refractivity contribution in [3.05, 3.63) is 47.6 Å². The lowest BCUT2D eigenvalue weighted by Gasteiger charge is -2.11. The van der Waals surface area contributed by atoms with Crippen molar-refractivity contribution >= 4 is 11.8 Å². The highest BCUT2D eigenvalue weighted by Gasteiger charge is 2.20. The molecular weight excluding hydrogens is 336 g/mol. The monoisotopic (exact) mass is 358 g/mol. The first-order valence-electron chi connectivity index (χ1n) is 8.18. The molecule has 0 aliphatic rings. The molecule has 3 rings (SSSR count). The molecule has 2 heterocycles. The summed E-state index contributed by atoms with van der Waals surface area (Å²) in [6.07, 6.45) is 0. The molecule has 0 spiro atoms. The highest BCUT2D eigenvalue weighted by molar-refractivity contribution is 7.99. The van der Waals surface area contributed by atoms with E-state index < -0.39 is 0 Å². The van der Waals surface area contributed by atoms with Gasteiger partial charge in [0.25, 0.3) is 0 Å². The molecule has 0 radical (unpaired) electrons. The fourth-order valence-electron chi connectivity index (χ4n) is 2.47. The van der Waals surface area contributed by atoms with Crippen LogP contribution in [0.4, 0.5) is 0 Å². The van der Waals surface area contributed by atoms with Gasteiger partial charge in [0.1, 0.15) is 0 Å². The second kappa shape index (κ2) is 7.84. The number of thioether (sulfide) groups is 1. The summed E-state index contributed by atoms with van der Waals surface area (Å²) < 4.78 is 12.9. The van der Waals surface area contributed by atoms with Gasteiger partial charge in [-0.15, -0.1) is 0 Å². The third-order valence-corrected chi connectivity index (χ3v) is 5.12. The molecule has 0 saturated carbocycles. The maximum absolute atomic E-state index is 5.47. The molecule has 0 aliphatic heterocycles. The Morgan fingerprint density at radius 3 is 2.68 bits per heavy atom. The van der Waals surface area contributed by atoms with E-state index in [1.807, 2.05) is 44.2 Å². The van der Waals surface area contributed by atoms with E-state index in [4.69, 9.17) is 9.26 Å². The fraction of sp³-hybridized carbons (Fsp3) is 0.389. The Labute approximate surface area is 151 Å². The predicted molar refractivity (Wildman–Crippen MR) is 97.6 cm³/mol. The van der Waals surface area contributed by atoms with Crippen LogP contribution in [-0.4, -0.2) is 33.4 Å². The number of ether oxygens (including phenoxy) is 1. The van der Waals surface area contributed by atoms with E-state index in [1.54, 1.807) is 18.9 Å². The molecule has 132 valence electrons. The molecule has 7 heteroatoms. The Kier molecular flexibility index (Phi) is 5.55. The van der Waals surface area contributed by atoms with Gasteiger partial charge in [-0.05, 0) is 20.8 Å². The predicted octanol–water partition coefficient (Wildman–Crippen LogP) is 4.05. The largest absolute Gasteiger partial charge is 0.383 e. The molecule has 1 atom stereocenters. The van der Waals surface area contributed by atoms with Gasteiger partial charge in [0.05, 0.1) is 17.6 Å². The van der Waals surface area contributed by atoms with Gasteiger partial charge in [-0.2, -0.15) is 4.98 Å². The normalized spacial score (nSPS) is 12.5. The van der Waals surface area contributed by atoms with Gasteiger partial charge in [0.15, 0.2) is 5.16 Å². The summed E-state index contributed by atoms with van der Waals surface area (Å²) in [5.41, 5.74) is 3.13. The zero-order valence-corrected chi connectivity index (χ0v) is 15.7. The van der Waals surface area contributed by atoms with E-state index in [1.165, 1.54) is 0 Å². The first-order chi connectivity index (χ1) is 12.1. The Balaban J connectivity index is 1.78. The molecule has 0 unspecified atom stereocenters. The zero-order chi connectivity index (χ0) is 17.8. The number of hydrogen-bond donors (Lipinski definition) is 0. The highest BCUT2D eigenvalue weighted by atomic mass is 32.2. The number of aryl methyl sites for hydroxylation is 1. The van der Waals surface area contributed by atoms with E-state index in [9.17, 15) is 0 Å². The molecule has 6 nitrogen and oxygen atoms in total. The molecule has 25 heavy (non-hydrogen) atoms. The standard InChI is InChI=1S/C18H22N4O2S/c1-12-13(2)22(10-11-23-4)18(19-12)25-14(3)17-20-16(21-24-17)15-8-6-5-7-9-15/h5-9,14H,10-11H2,1-4H3/t14-/m0/s1. The quantitative estimate of drug-likeness (QED) is 0.594. The van der Waals surface area contributed by atoms with Crippen molar-refractivity contribution in [3.63, 3.8) is 0 Å². The Hall–Kier alpha value is -2.12. The van der Waals surface area contributed by atoms with Crippen LogP contribution in [0.2, 0.25) is 0 Å². The SMILES string of the molecule is COCCn1c(S[C@@H](C)c2nc(-c3ccccc3)no2)nc(C)c1C. The Bertz CT molecular complexity index is 829. The van der Waals surface area contributed by atoms with E-state index in [0.717, 1.165) is 28.7 Å². The van der Waals surface area contributed by atoms with Crippen molar-refractivity contribution < 1.29 is 9.26 Å². The number of rotatable bonds is 7. The number of methoxy groups -OCH3 is 1. The van der Waals surface area contributed by atoms with Crippen LogP contribution in [0.5, 0.6) is 0 Å². The summed E-state index contributed by atoms with van der Waals surface area (Å²) >= 11 is 1.62. The van der Waals surface area contributed by atoms with Crippen molar-refractivity contribution in [1.29, 1.82) is 0 Å². The van der Waals surface area contributed by atoms with Gasteiger partial charge >= 0.3 is 0 Å². The van der Waals surface area contributed by atoms with Gasteiger partial charge < -0.3 is 13.8 Å². The van der Waals surface area contributed by atoms with Crippen LogP contribution < -0.4 is 0 Å². The van der Waals surface area contributed by atoms with Crippen LogP contribution in [0.25, 0.3) is 11.4 Å². The Morgan fingerprint density at radius 2 is 1.96 bits per heavy atom. The summed E-state index contributed by atoms with van der Waals surface area (Å²) in [5.74, 6) is 1.21. The minimum atomic E-state index is 0.00690. The lowest BCUT2D eigenvalue weighted by molar-refractivity contribution is 0.184. The third-order valence-electron chi connectivity index (χ3n) is 4.05. The Morgan fingerprint density at radius 1 is 1.20 bits per heavy atom. The molecule has 0 aliphatic carbocycles. The van der Waals surface area contributed by atoms with Gasteiger partial charge in [0.2, 0.25) is 11.7 Å². The van der Waals surface area contributed by atoms with Crippen LogP contribution in [0.3, 0.4) is 0 Å². The van der Waals surface area contributed by atoms with Gasteiger partial charge in [-0.25, -0.2) is 4.98 Å². The van der Waals surface area contributed by atoms with Crippen molar-refractivity contribution in [2.75, 3.05) is 13.7 Å². The molecule has 0 bridgehead atoms. The van der Waals surface area contributed by atoms with Crippen molar-refractivity contribution in [2.24, 2.45) is 0 Å². The number of hydrogen-bond acceptors (Lipinski definition) is 6. The fourth-order valence-corrected chi connectivity index (χ4v) is 3.53. The summed E-state index contributed by atoms with van der Waals surface area (Å²) in [6.45, 7) is 7.57. The lowest BCUT2D eigenvalue weighted by Crippen LogP contribution is -2.08. The number of aromatic nitrogens is 4. The minimum Gasteiger partial charge on any atom is -0.383 e. The van der Waals surface area contributed by atoms with Gasteiger partial charge in [-0.3, -0.25) is 0 Å². The number of benzene rings is 1. The van der Waals surface area contributed by atoms with Crippen LogP contribution >= 0.6 is 11.8 Å². The number of nitrogens with zero attached hydrogens (tertiary/aromatic N) is 4. The van der Waals surface area contributed by atoms with Crippen molar-refractivity contribution in [1.82, 2.24) is 19.7 Å². The number of imidazole rings is 1. The third kappa shape index (κ3) is 3.93. The van der Waals surface area contributed by atoms with Crippen molar-refractivity contribution in [3.8, 4) is 11.4 Å². The molecule has 2 aromatic heterocycles. The second-order valence-corrected chi connectivity index (χ2v) is 7.10. The van der Waals surface area contributed by atoms with E-state index in [2.05, 4.69) is 26.6 Å². The van der Waals surface area contributed by atoms with Crippen LogP contribution in [0.15, 0.2) is 40.0 Å². The summed E-state index contributed by atoms with van der Waals surface area (Å²) in [6, 6.07) is 9.82. The topological polar surface area (TPSA) is 66.0 Å². The van der Waals surface area contributed by atoms with Gasteiger partial charge in [0, 0.05) is 24.9 Å². The van der Waals surface area contributed by atoms with E-state index in [-0.39, 0.29) is 5.25 Å². The average molecular weight is 358 g/mol. The van der Waals surface area contributed by atoms with E-state index >= 15 is 0 Å². The van der Waals surface area contributed by atoms with Gasteiger partial charge in [-0.1, -0.05) is 47.3 Å². The molecule has 0 fully saturated rings. The average Bonchev–Trinajstić information content (AvgIpc) is 3.21. The minimum absolute atomic E-state index is 0.00690. The van der Waals surface area contributed by atoms with Crippen molar-refractivity contribution in [2.45, 2.75) is 37.7 Å². The molecule has 0 N–H and O–H groups in total. The molecule has 0 amide bonds. The van der Waals surface area contributed by atoms with Crippen LogP contribution in [0, 0.1) is 13.8 Å². The molecule has 1 aromatic carbocycles. The molecule has 0 saturated heterocycles. The van der Waals surface area contributed by atoms with Crippen LogP contribution in [-0.2, 0) is 11.3 Å². The maximum Gasteiger partial charge on any atom is 0.240 e. The summed E-state index contributed by atoms with van der Waals surface area (Å²) in [7, 11) is 1.71. The first-order valence-corrected chi connectivity index (χ1v) is 9.06. The molecular formula is C18H22N4O2S. The first kappa shape index (κ1) is 17.7. The lowest BCUT2D eigenvalue weighted by atomic mass is 10.2. The molecule has 3 aromatic rings. The second-order valence-electron chi connectivity index (χ2n) is 5.79. The van der Waals surface area contributed by atoms with Crippen LogP contribution in [0.1, 0.15) is 29.5 Å². The summed E-state index contributed by atoms with van der Waals surface area (Å²) in [5, 5.41) is 5.05. The summed E-state index contributed by atoms with van der Waals surface area (Å²) in [4.78, 5) is 9.21. The highest BCUT2D eigenvalue weighted by Crippen LogP contribution is 2.35. The van der Waals surface area contributed by atoms with E-state index in [0.29, 0.717) is 18.3 Å². The maximum atomic E-state index is 5.47. The zero-order valence-electron chi connectivity index (χ0n) is 14.9.